The van der Waals surface area contributed by atoms with Crippen LogP contribution in [0.25, 0.3) is 0 Å². The summed E-state index contributed by atoms with van der Waals surface area (Å²) in [5, 5.41) is 0. The average Bonchev–Trinajstić information content (AvgIpc) is 3.03. The minimum atomic E-state index is 0.619. The van der Waals surface area contributed by atoms with E-state index in [-0.39, 0.29) is 0 Å². The van der Waals surface area contributed by atoms with Crippen LogP contribution in [0.2, 0.25) is 0 Å². The first-order valence-electron chi connectivity index (χ1n) is 13.3. The lowest BCUT2D eigenvalue weighted by Crippen LogP contribution is -2.56. The van der Waals surface area contributed by atoms with Crippen LogP contribution in [-0.4, -0.2) is 0 Å². The highest BCUT2D eigenvalue weighted by molar-refractivity contribution is 5.11. The minimum Gasteiger partial charge on any atom is -0.100 e. The second-order valence-corrected chi connectivity index (χ2v) is 13.0. The summed E-state index contributed by atoms with van der Waals surface area (Å²) < 4.78 is 0. The van der Waals surface area contributed by atoms with Gasteiger partial charge in [-0.15, -0.1) is 6.58 Å². The van der Waals surface area contributed by atoms with Crippen molar-refractivity contribution in [3.63, 3.8) is 0 Å². The molecule has 0 heteroatoms. The molecule has 166 valence electrons. The van der Waals surface area contributed by atoms with Gasteiger partial charge < -0.3 is 0 Å². The van der Waals surface area contributed by atoms with Crippen LogP contribution >= 0.6 is 0 Å². The van der Waals surface area contributed by atoms with Gasteiger partial charge >= 0.3 is 0 Å². The Balaban J connectivity index is 1.54. The molecule has 0 spiro atoms. The molecule has 10 unspecified atom stereocenters. The molecule has 4 saturated carbocycles. The zero-order valence-electron chi connectivity index (χ0n) is 20.6. The van der Waals surface area contributed by atoms with Crippen LogP contribution in [0, 0.1) is 58.2 Å². The van der Waals surface area contributed by atoms with Crippen molar-refractivity contribution in [3.8, 4) is 0 Å². The highest BCUT2D eigenvalue weighted by Gasteiger charge is 2.62. The number of hydrogen-bond donors (Lipinski definition) is 0. The third kappa shape index (κ3) is 3.57. The molecule has 10 atom stereocenters. The Morgan fingerprint density at radius 1 is 1.00 bits per heavy atom. The van der Waals surface area contributed by atoms with Gasteiger partial charge in [0.25, 0.3) is 0 Å². The van der Waals surface area contributed by atoms with E-state index in [1.807, 2.05) is 0 Å². The van der Waals surface area contributed by atoms with Gasteiger partial charge in [-0.1, -0.05) is 46.6 Å². The molecule has 4 rings (SSSR count). The second-order valence-electron chi connectivity index (χ2n) is 13.0. The van der Waals surface area contributed by atoms with Crippen LogP contribution < -0.4 is 0 Å². The normalized spacial score (nSPS) is 50.3. The highest BCUT2D eigenvalue weighted by Crippen LogP contribution is 2.69. The fourth-order valence-corrected chi connectivity index (χ4v) is 9.75. The van der Waals surface area contributed by atoms with Crippen LogP contribution in [0.3, 0.4) is 0 Å². The zero-order valence-corrected chi connectivity index (χ0v) is 20.6. The van der Waals surface area contributed by atoms with Gasteiger partial charge in [-0.2, -0.15) is 0 Å². The number of allylic oxidation sites excluding steroid dienone is 1. The standard InChI is InChI=1S/C29H50/c1-8-22-13-15-28(6)23(18-22)17-21(5)27-25-12-11-24(20(4)10-9-19(2)3)29(25,7)16-14-26(27)28/h20-27H,2,8-18H2,1,3-7H3. The molecular weight excluding hydrogens is 348 g/mol. The van der Waals surface area contributed by atoms with E-state index in [4.69, 9.17) is 0 Å². The molecule has 0 aromatic rings. The molecule has 0 amide bonds. The first-order chi connectivity index (χ1) is 13.7. The van der Waals surface area contributed by atoms with Crippen molar-refractivity contribution in [2.45, 2.75) is 112 Å². The van der Waals surface area contributed by atoms with Crippen molar-refractivity contribution in [2.24, 2.45) is 58.2 Å². The molecule has 0 aromatic heterocycles. The van der Waals surface area contributed by atoms with Crippen molar-refractivity contribution < 1.29 is 0 Å². The lowest BCUT2D eigenvalue weighted by atomic mass is 9.42. The predicted molar refractivity (Wildman–Crippen MR) is 127 cm³/mol. The summed E-state index contributed by atoms with van der Waals surface area (Å²) in [6.45, 7) is 19.5. The maximum atomic E-state index is 4.17. The monoisotopic (exact) mass is 398 g/mol. The smallest absolute Gasteiger partial charge is 0.0264 e. The van der Waals surface area contributed by atoms with Gasteiger partial charge in [0.15, 0.2) is 0 Å². The molecular formula is C29H50. The third-order valence-corrected chi connectivity index (χ3v) is 11.5. The van der Waals surface area contributed by atoms with E-state index in [9.17, 15) is 0 Å². The number of fused-ring (bicyclic) bond motifs is 5. The lowest BCUT2D eigenvalue weighted by Gasteiger charge is -2.63. The quantitative estimate of drug-likeness (QED) is 0.405. The molecule has 0 aromatic carbocycles. The van der Waals surface area contributed by atoms with E-state index >= 15 is 0 Å². The van der Waals surface area contributed by atoms with Crippen molar-refractivity contribution in [3.05, 3.63) is 12.2 Å². The Morgan fingerprint density at radius 2 is 1.69 bits per heavy atom. The van der Waals surface area contributed by atoms with E-state index in [0.29, 0.717) is 10.8 Å². The minimum absolute atomic E-state index is 0.619. The summed E-state index contributed by atoms with van der Waals surface area (Å²) in [7, 11) is 0. The molecule has 0 N–H and O–H groups in total. The molecule has 0 saturated heterocycles. The summed E-state index contributed by atoms with van der Waals surface area (Å²) in [5.74, 6) is 7.90. The molecule has 4 aliphatic carbocycles. The van der Waals surface area contributed by atoms with Crippen LogP contribution in [0.4, 0.5) is 0 Å². The Kier molecular flexibility index (Phi) is 6.07. The van der Waals surface area contributed by atoms with E-state index in [2.05, 4.69) is 48.1 Å². The molecule has 4 aliphatic rings. The van der Waals surface area contributed by atoms with Crippen LogP contribution in [0.5, 0.6) is 0 Å². The fraction of sp³-hybridized carbons (Fsp3) is 0.931. The molecule has 4 fully saturated rings. The molecule has 29 heavy (non-hydrogen) atoms. The Labute approximate surface area is 182 Å². The summed E-state index contributed by atoms with van der Waals surface area (Å²) in [4.78, 5) is 0. The molecule has 0 aliphatic heterocycles. The molecule has 0 nitrogen and oxygen atoms in total. The van der Waals surface area contributed by atoms with Crippen molar-refractivity contribution >= 4 is 0 Å². The van der Waals surface area contributed by atoms with Crippen molar-refractivity contribution in [2.75, 3.05) is 0 Å². The summed E-state index contributed by atoms with van der Waals surface area (Å²) in [6, 6.07) is 0. The van der Waals surface area contributed by atoms with Gasteiger partial charge in [-0.3, -0.25) is 0 Å². The summed E-state index contributed by atoms with van der Waals surface area (Å²) in [5.41, 5.74) is 2.66. The van der Waals surface area contributed by atoms with Crippen LogP contribution in [-0.2, 0) is 0 Å². The average molecular weight is 399 g/mol. The van der Waals surface area contributed by atoms with Crippen LogP contribution in [0.1, 0.15) is 112 Å². The largest absolute Gasteiger partial charge is 0.100 e. The first kappa shape index (κ1) is 22.0. The van der Waals surface area contributed by atoms with Crippen molar-refractivity contribution in [1.82, 2.24) is 0 Å². The lowest BCUT2D eigenvalue weighted by molar-refractivity contribution is -0.143. The highest BCUT2D eigenvalue weighted by atomic mass is 14.7. The Hall–Kier alpha value is -0.260. The van der Waals surface area contributed by atoms with E-state index in [1.54, 1.807) is 6.42 Å². The van der Waals surface area contributed by atoms with Crippen molar-refractivity contribution in [1.29, 1.82) is 0 Å². The maximum Gasteiger partial charge on any atom is -0.0264 e. The molecule has 0 heterocycles. The summed E-state index contributed by atoms with van der Waals surface area (Å²) >= 11 is 0. The van der Waals surface area contributed by atoms with E-state index in [1.165, 1.54) is 69.8 Å². The molecule has 0 radical (unpaired) electrons. The Morgan fingerprint density at radius 3 is 2.38 bits per heavy atom. The second kappa shape index (κ2) is 8.02. The third-order valence-electron chi connectivity index (χ3n) is 11.5. The number of hydrogen-bond acceptors (Lipinski definition) is 0. The van der Waals surface area contributed by atoms with E-state index in [0.717, 1.165) is 47.3 Å². The van der Waals surface area contributed by atoms with E-state index < -0.39 is 0 Å². The Bertz CT molecular complexity index is 603. The van der Waals surface area contributed by atoms with Gasteiger partial charge in [0.2, 0.25) is 0 Å². The maximum absolute atomic E-state index is 4.17. The fourth-order valence-electron chi connectivity index (χ4n) is 9.75. The SMILES string of the molecule is C=C(C)CCC(C)C1CCC2C3C(C)CC4CC(CC)CCC4(C)C3CCC12C. The van der Waals surface area contributed by atoms with Gasteiger partial charge in [-0.05, 0) is 129 Å². The van der Waals surface area contributed by atoms with Gasteiger partial charge in [0.05, 0.1) is 0 Å². The molecule has 0 bridgehead atoms. The first-order valence-corrected chi connectivity index (χ1v) is 13.3. The van der Waals surface area contributed by atoms with Gasteiger partial charge in [0.1, 0.15) is 0 Å². The van der Waals surface area contributed by atoms with Gasteiger partial charge in [-0.25, -0.2) is 0 Å². The zero-order chi connectivity index (χ0) is 21.0. The topological polar surface area (TPSA) is 0 Å². The summed E-state index contributed by atoms with van der Waals surface area (Å²) in [6.07, 6.45) is 16.2. The predicted octanol–water partition coefficient (Wildman–Crippen LogP) is 8.91. The van der Waals surface area contributed by atoms with Crippen LogP contribution in [0.15, 0.2) is 12.2 Å². The van der Waals surface area contributed by atoms with Gasteiger partial charge in [0, 0.05) is 0 Å². The number of rotatable bonds is 5.